The molecule has 0 unspecified atom stereocenters. The lowest BCUT2D eigenvalue weighted by Gasteiger charge is -2.31. The smallest absolute Gasteiger partial charge is 0.244 e. The number of sulfonamides is 1. The molecule has 2 aromatic rings. The van der Waals surface area contributed by atoms with Gasteiger partial charge in [0.1, 0.15) is 0 Å². The fourth-order valence-corrected chi connectivity index (χ4v) is 5.21. The molecule has 1 amide bonds. The summed E-state index contributed by atoms with van der Waals surface area (Å²) in [6, 6.07) is 11.8. The van der Waals surface area contributed by atoms with E-state index in [1.807, 2.05) is 6.92 Å². The zero-order valence-corrected chi connectivity index (χ0v) is 18.3. The number of rotatable bonds is 5. The third-order valence-electron chi connectivity index (χ3n) is 4.77. The first kappa shape index (κ1) is 21.8. The summed E-state index contributed by atoms with van der Waals surface area (Å²) in [6.45, 7) is 2.66. The largest absolute Gasteiger partial charge is 0.350 e. The molecule has 0 radical (unpaired) electrons. The van der Waals surface area contributed by atoms with Gasteiger partial charge in [-0.1, -0.05) is 40.9 Å². The van der Waals surface area contributed by atoms with Gasteiger partial charge >= 0.3 is 0 Å². The second kappa shape index (κ2) is 9.30. The molecule has 0 aliphatic carbocycles. The fraction of sp³-hybridized carbons (Fsp3) is 0.286. The summed E-state index contributed by atoms with van der Waals surface area (Å²) in [5.74, 6) is -0.235. The van der Waals surface area contributed by atoms with Gasteiger partial charge in [-0.05, 0) is 61.7 Å². The number of piperidine rings is 1. The maximum Gasteiger partial charge on any atom is 0.244 e. The van der Waals surface area contributed by atoms with Crippen molar-refractivity contribution in [1.29, 1.82) is 0 Å². The van der Waals surface area contributed by atoms with Crippen molar-refractivity contribution in [2.45, 2.75) is 30.7 Å². The summed E-state index contributed by atoms with van der Waals surface area (Å²) in [4.78, 5) is 12.5. The first-order valence-corrected chi connectivity index (χ1v) is 11.4. The van der Waals surface area contributed by atoms with Crippen LogP contribution >= 0.6 is 23.2 Å². The van der Waals surface area contributed by atoms with E-state index in [-0.39, 0.29) is 11.9 Å². The minimum absolute atomic E-state index is 0.0698. The monoisotopic (exact) mass is 452 g/mol. The van der Waals surface area contributed by atoms with Crippen molar-refractivity contribution in [3.63, 3.8) is 0 Å². The van der Waals surface area contributed by atoms with Crippen molar-refractivity contribution in [1.82, 2.24) is 9.62 Å². The minimum atomic E-state index is -3.50. The van der Waals surface area contributed by atoms with E-state index in [9.17, 15) is 13.2 Å². The molecule has 1 N–H and O–H groups in total. The number of nitrogens with one attached hydrogen (secondary N) is 1. The van der Waals surface area contributed by atoms with Gasteiger partial charge in [0.15, 0.2) is 0 Å². The molecule has 29 heavy (non-hydrogen) atoms. The zero-order chi connectivity index (χ0) is 21.0. The van der Waals surface area contributed by atoms with E-state index in [2.05, 4.69) is 5.32 Å². The van der Waals surface area contributed by atoms with Gasteiger partial charge in [-0.15, -0.1) is 0 Å². The van der Waals surface area contributed by atoms with Crippen LogP contribution in [0.4, 0.5) is 0 Å². The highest BCUT2D eigenvalue weighted by molar-refractivity contribution is 7.89. The number of hydrogen-bond acceptors (Lipinski definition) is 3. The lowest BCUT2D eigenvalue weighted by molar-refractivity contribution is -0.117. The molecule has 2 aromatic carbocycles. The van der Waals surface area contributed by atoms with E-state index in [1.165, 1.54) is 10.4 Å². The van der Waals surface area contributed by atoms with E-state index >= 15 is 0 Å². The summed E-state index contributed by atoms with van der Waals surface area (Å²) in [7, 11) is -3.50. The molecule has 0 aromatic heterocycles. The predicted molar refractivity (Wildman–Crippen MR) is 117 cm³/mol. The van der Waals surface area contributed by atoms with Crippen molar-refractivity contribution < 1.29 is 13.2 Å². The first-order valence-electron chi connectivity index (χ1n) is 9.25. The predicted octanol–water partition coefficient (Wildman–Crippen LogP) is 4.28. The highest BCUT2D eigenvalue weighted by Gasteiger charge is 2.29. The van der Waals surface area contributed by atoms with Crippen LogP contribution < -0.4 is 5.32 Å². The maximum atomic E-state index is 12.7. The lowest BCUT2D eigenvalue weighted by Crippen LogP contribution is -2.46. The molecule has 1 aliphatic rings. The molecule has 0 saturated carbocycles. The van der Waals surface area contributed by atoms with E-state index in [1.54, 1.807) is 48.5 Å². The quantitative estimate of drug-likeness (QED) is 0.688. The molecule has 5 nitrogen and oxygen atoms in total. The number of amides is 1. The molecular formula is C21H22Cl2N2O3S. The fourth-order valence-electron chi connectivity index (χ4n) is 3.19. The van der Waals surface area contributed by atoms with Gasteiger partial charge in [0.2, 0.25) is 15.9 Å². The summed E-state index contributed by atoms with van der Waals surface area (Å²) in [5.41, 5.74) is 1.75. The Hall–Kier alpha value is -1.86. The molecule has 1 saturated heterocycles. The average molecular weight is 453 g/mol. The third kappa shape index (κ3) is 5.82. The van der Waals surface area contributed by atoms with Crippen molar-refractivity contribution in [3.8, 4) is 0 Å². The van der Waals surface area contributed by atoms with E-state index in [4.69, 9.17) is 23.2 Å². The van der Waals surface area contributed by atoms with Crippen LogP contribution in [-0.4, -0.2) is 37.8 Å². The molecule has 154 valence electrons. The Balaban J connectivity index is 1.54. The third-order valence-corrected chi connectivity index (χ3v) is 7.12. The highest BCUT2D eigenvalue weighted by Crippen LogP contribution is 2.22. The topological polar surface area (TPSA) is 66.5 Å². The highest BCUT2D eigenvalue weighted by atomic mass is 35.5. The van der Waals surface area contributed by atoms with Crippen LogP contribution in [0.1, 0.15) is 24.0 Å². The summed E-state index contributed by atoms with van der Waals surface area (Å²) in [5, 5.41) is 3.92. The van der Waals surface area contributed by atoms with E-state index < -0.39 is 10.0 Å². The van der Waals surface area contributed by atoms with Gasteiger partial charge in [0.25, 0.3) is 0 Å². The summed E-state index contributed by atoms with van der Waals surface area (Å²) < 4.78 is 27.0. The molecule has 0 bridgehead atoms. The van der Waals surface area contributed by atoms with Crippen LogP contribution in [0, 0.1) is 6.92 Å². The number of carbonyl (C=O) groups excluding carboxylic acids is 1. The van der Waals surface area contributed by atoms with Crippen molar-refractivity contribution in [2.75, 3.05) is 13.1 Å². The van der Waals surface area contributed by atoms with Crippen LogP contribution in [0.5, 0.6) is 0 Å². The van der Waals surface area contributed by atoms with E-state index in [0.717, 1.165) is 11.1 Å². The maximum absolute atomic E-state index is 12.7. The van der Waals surface area contributed by atoms with Crippen LogP contribution in [0.3, 0.4) is 0 Å². The normalized spacial score (nSPS) is 16.2. The molecule has 0 spiro atoms. The first-order chi connectivity index (χ1) is 13.7. The molecule has 1 aliphatic heterocycles. The second-order valence-electron chi connectivity index (χ2n) is 7.04. The average Bonchev–Trinajstić information content (AvgIpc) is 2.66. The molecule has 1 fully saturated rings. The van der Waals surface area contributed by atoms with Gasteiger partial charge in [-0.25, -0.2) is 8.42 Å². The number of benzene rings is 2. The number of halogens is 2. The molecule has 0 atom stereocenters. The number of nitrogens with zero attached hydrogens (tertiary/aromatic N) is 1. The number of carbonyl (C=O) groups is 1. The van der Waals surface area contributed by atoms with Crippen molar-refractivity contribution in [2.24, 2.45) is 0 Å². The SMILES string of the molecule is Cc1ccc(S(=O)(=O)N2CCC(NC(=O)/C=C/c3cc(Cl)cc(Cl)c3)CC2)cc1. The van der Waals surface area contributed by atoms with E-state index in [0.29, 0.717) is 40.9 Å². The second-order valence-corrected chi connectivity index (χ2v) is 9.85. The van der Waals surface area contributed by atoms with Gasteiger partial charge in [-0.3, -0.25) is 4.79 Å². The van der Waals surface area contributed by atoms with Crippen LogP contribution in [0.2, 0.25) is 10.0 Å². The Morgan fingerprint density at radius 2 is 1.66 bits per heavy atom. The summed E-state index contributed by atoms with van der Waals surface area (Å²) >= 11 is 11.9. The molecular weight excluding hydrogens is 431 g/mol. The van der Waals surface area contributed by atoms with Crippen LogP contribution in [0.25, 0.3) is 6.08 Å². The number of aryl methyl sites for hydroxylation is 1. The minimum Gasteiger partial charge on any atom is -0.350 e. The zero-order valence-electron chi connectivity index (χ0n) is 15.9. The standard InChI is InChI=1S/C21H22Cl2N2O3S/c1-15-2-5-20(6-3-15)29(27,28)25-10-8-19(9-11-25)24-21(26)7-4-16-12-17(22)14-18(23)13-16/h2-7,12-14,19H,8-11H2,1H3,(H,24,26)/b7-4+. The van der Waals surface area contributed by atoms with Crippen LogP contribution in [0.15, 0.2) is 53.4 Å². The van der Waals surface area contributed by atoms with Crippen molar-refractivity contribution in [3.05, 3.63) is 69.7 Å². The Morgan fingerprint density at radius 1 is 1.07 bits per heavy atom. The van der Waals surface area contributed by atoms with Gasteiger partial charge in [0.05, 0.1) is 4.90 Å². The van der Waals surface area contributed by atoms with Gasteiger partial charge < -0.3 is 5.32 Å². The van der Waals surface area contributed by atoms with Gasteiger partial charge in [-0.2, -0.15) is 4.31 Å². The lowest BCUT2D eigenvalue weighted by atomic mass is 10.1. The summed E-state index contributed by atoms with van der Waals surface area (Å²) in [6.07, 6.45) is 4.20. The Kier molecular flexibility index (Phi) is 7.01. The Bertz CT molecular complexity index is 992. The van der Waals surface area contributed by atoms with Crippen molar-refractivity contribution >= 4 is 45.2 Å². The molecule has 1 heterocycles. The number of hydrogen-bond donors (Lipinski definition) is 1. The Morgan fingerprint density at radius 3 is 2.24 bits per heavy atom. The molecule has 3 rings (SSSR count). The van der Waals surface area contributed by atoms with Crippen LogP contribution in [-0.2, 0) is 14.8 Å². The Labute approximate surface area is 181 Å². The molecule has 8 heteroatoms. The van der Waals surface area contributed by atoms with Gasteiger partial charge in [0, 0.05) is 35.3 Å².